The van der Waals surface area contributed by atoms with E-state index in [1.54, 1.807) is 0 Å². The van der Waals surface area contributed by atoms with Crippen molar-refractivity contribution in [3.8, 4) is 0 Å². The lowest BCUT2D eigenvalue weighted by Crippen LogP contribution is -2.11. The van der Waals surface area contributed by atoms with Crippen LogP contribution >= 0.6 is 0 Å². The molecule has 1 unspecified atom stereocenters. The van der Waals surface area contributed by atoms with Crippen LogP contribution in [0.2, 0.25) is 0 Å². The fraction of sp³-hybridized carbons (Fsp3) is 0.294. The lowest BCUT2D eigenvalue weighted by atomic mass is 9.97. The van der Waals surface area contributed by atoms with E-state index in [9.17, 15) is 0 Å². The van der Waals surface area contributed by atoms with Crippen LogP contribution in [0.25, 0.3) is 0 Å². The lowest BCUT2D eigenvalue weighted by Gasteiger charge is -2.13. The summed E-state index contributed by atoms with van der Waals surface area (Å²) in [5.74, 6) is 0. The molecule has 2 rings (SSSR count). The second-order valence-electron chi connectivity index (χ2n) is 4.88. The molecule has 1 atom stereocenters. The van der Waals surface area contributed by atoms with Gasteiger partial charge in [-0.05, 0) is 30.0 Å². The van der Waals surface area contributed by atoms with Gasteiger partial charge in [-0.3, -0.25) is 0 Å². The predicted octanol–water partition coefficient (Wildman–Crippen LogP) is 4.00. The Morgan fingerprint density at radius 1 is 1.00 bits per heavy atom. The van der Waals surface area contributed by atoms with Crippen molar-refractivity contribution in [3.63, 3.8) is 0 Å². The first kappa shape index (κ1) is 12.8. The standard InChI is InChI=1S/C17H21N/c1-3-5-14-8-10-15(11-9-14)17(18)16-7-4-6-13(2)12-16/h4,6-12,17H,3,5,18H2,1-2H3. The molecule has 0 saturated carbocycles. The number of nitrogens with two attached hydrogens (primary N) is 1. The Balaban J connectivity index is 2.20. The van der Waals surface area contributed by atoms with E-state index in [4.69, 9.17) is 5.73 Å². The van der Waals surface area contributed by atoms with Gasteiger partial charge in [0.15, 0.2) is 0 Å². The maximum atomic E-state index is 6.31. The fourth-order valence-corrected chi connectivity index (χ4v) is 2.24. The SMILES string of the molecule is CCCc1ccc(C(N)c2cccc(C)c2)cc1. The van der Waals surface area contributed by atoms with Crippen molar-refractivity contribution in [1.82, 2.24) is 0 Å². The second kappa shape index (κ2) is 5.83. The van der Waals surface area contributed by atoms with E-state index in [0.717, 1.165) is 6.42 Å². The number of aryl methyl sites for hydroxylation is 2. The van der Waals surface area contributed by atoms with Gasteiger partial charge in [-0.2, -0.15) is 0 Å². The highest BCUT2D eigenvalue weighted by molar-refractivity contribution is 5.34. The summed E-state index contributed by atoms with van der Waals surface area (Å²) in [6.07, 6.45) is 2.32. The van der Waals surface area contributed by atoms with Crippen LogP contribution in [0.4, 0.5) is 0 Å². The van der Waals surface area contributed by atoms with Gasteiger partial charge < -0.3 is 5.73 Å². The van der Waals surface area contributed by atoms with Gasteiger partial charge >= 0.3 is 0 Å². The lowest BCUT2D eigenvalue weighted by molar-refractivity contribution is 0.864. The summed E-state index contributed by atoms with van der Waals surface area (Å²) in [5, 5.41) is 0. The fourth-order valence-electron chi connectivity index (χ4n) is 2.24. The van der Waals surface area contributed by atoms with Crippen LogP contribution in [-0.4, -0.2) is 0 Å². The van der Waals surface area contributed by atoms with Gasteiger partial charge in [-0.15, -0.1) is 0 Å². The number of benzene rings is 2. The van der Waals surface area contributed by atoms with Crippen molar-refractivity contribution in [2.75, 3.05) is 0 Å². The van der Waals surface area contributed by atoms with Crippen LogP contribution in [0.3, 0.4) is 0 Å². The van der Waals surface area contributed by atoms with Crippen LogP contribution in [0.5, 0.6) is 0 Å². The molecule has 0 heterocycles. The molecule has 0 aliphatic carbocycles. The van der Waals surface area contributed by atoms with E-state index in [1.165, 1.54) is 28.7 Å². The molecule has 18 heavy (non-hydrogen) atoms. The quantitative estimate of drug-likeness (QED) is 0.857. The highest BCUT2D eigenvalue weighted by atomic mass is 14.6. The van der Waals surface area contributed by atoms with Gasteiger partial charge in [0.05, 0.1) is 6.04 Å². The molecule has 2 aromatic rings. The molecule has 0 spiro atoms. The molecule has 0 fully saturated rings. The van der Waals surface area contributed by atoms with Crippen molar-refractivity contribution in [2.45, 2.75) is 32.7 Å². The molecule has 0 aromatic heterocycles. The predicted molar refractivity (Wildman–Crippen MR) is 77.6 cm³/mol. The van der Waals surface area contributed by atoms with Gasteiger partial charge in [-0.25, -0.2) is 0 Å². The van der Waals surface area contributed by atoms with Gasteiger partial charge in [0, 0.05) is 0 Å². The van der Waals surface area contributed by atoms with Gasteiger partial charge in [0.1, 0.15) is 0 Å². The van der Waals surface area contributed by atoms with Crippen molar-refractivity contribution in [2.24, 2.45) is 5.73 Å². The molecule has 0 bridgehead atoms. The molecule has 2 aromatic carbocycles. The zero-order chi connectivity index (χ0) is 13.0. The molecule has 0 amide bonds. The first-order chi connectivity index (χ1) is 8.70. The van der Waals surface area contributed by atoms with Crippen molar-refractivity contribution >= 4 is 0 Å². The third kappa shape index (κ3) is 2.99. The zero-order valence-electron chi connectivity index (χ0n) is 11.2. The highest BCUT2D eigenvalue weighted by Crippen LogP contribution is 2.21. The maximum absolute atomic E-state index is 6.31. The third-order valence-corrected chi connectivity index (χ3v) is 3.28. The molecule has 2 N–H and O–H groups in total. The highest BCUT2D eigenvalue weighted by Gasteiger charge is 2.08. The number of rotatable bonds is 4. The topological polar surface area (TPSA) is 26.0 Å². The first-order valence-corrected chi connectivity index (χ1v) is 6.61. The van der Waals surface area contributed by atoms with Crippen molar-refractivity contribution < 1.29 is 0 Å². The molecule has 1 heteroatoms. The second-order valence-corrected chi connectivity index (χ2v) is 4.88. The Morgan fingerprint density at radius 2 is 1.72 bits per heavy atom. The van der Waals surface area contributed by atoms with Crippen LogP contribution < -0.4 is 5.73 Å². The minimum Gasteiger partial charge on any atom is -0.320 e. The summed E-state index contributed by atoms with van der Waals surface area (Å²) < 4.78 is 0. The molecular formula is C17H21N. The zero-order valence-corrected chi connectivity index (χ0v) is 11.2. The molecule has 0 radical (unpaired) electrons. The van der Waals surface area contributed by atoms with Gasteiger partial charge in [-0.1, -0.05) is 67.4 Å². The Morgan fingerprint density at radius 3 is 2.33 bits per heavy atom. The van der Waals surface area contributed by atoms with Crippen LogP contribution in [-0.2, 0) is 6.42 Å². The van der Waals surface area contributed by atoms with Crippen LogP contribution in [0.1, 0.15) is 41.6 Å². The summed E-state index contributed by atoms with van der Waals surface area (Å²) in [6, 6.07) is 17.1. The van der Waals surface area contributed by atoms with Crippen LogP contribution in [0.15, 0.2) is 48.5 Å². The van der Waals surface area contributed by atoms with Crippen molar-refractivity contribution in [1.29, 1.82) is 0 Å². The summed E-state index contributed by atoms with van der Waals surface area (Å²) in [4.78, 5) is 0. The third-order valence-electron chi connectivity index (χ3n) is 3.28. The summed E-state index contributed by atoms with van der Waals surface area (Å²) in [6.45, 7) is 4.30. The Kier molecular flexibility index (Phi) is 4.16. The Bertz CT molecular complexity index is 499. The van der Waals surface area contributed by atoms with Crippen molar-refractivity contribution in [3.05, 3.63) is 70.8 Å². The molecule has 1 nitrogen and oxygen atoms in total. The van der Waals surface area contributed by atoms with Gasteiger partial charge in [0.25, 0.3) is 0 Å². The molecule has 0 aliphatic heterocycles. The average Bonchev–Trinajstić information content (AvgIpc) is 2.39. The summed E-state index contributed by atoms with van der Waals surface area (Å²) in [5.41, 5.74) is 11.3. The maximum Gasteiger partial charge on any atom is 0.0551 e. The Labute approximate surface area is 110 Å². The molecular weight excluding hydrogens is 218 g/mol. The summed E-state index contributed by atoms with van der Waals surface area (Å²) >= 11 is 0. The molecule has 94 valence electrons. The molecule has 0 aliphatic rings. The minimum atomic E-state index is -0.0272. The van der Waals surface area contributed by atoms with E-state index >= 15 is 0 Å². The van der Waals surface area contributed by atoms with Gasteiger partial charge in [0.2, 0.25) is 0 Å². The van der Waals surface area contributed by atoms with E-state index in [0.29, 0.717) is 0 Å². The number of hydrogen-bond acceptors (Lipinski definition) is 1. The number of hydrogen-bond donors (Lipinski definition) is 1. The first-order valence-electron chi connectivity index (χ1n) is 6.61. The Hall–Kier alpha value is -1.60. The van der Waals surface area contributed by atoms with E-state index in [-0.39, 0.29) is 6.04 Å². The molecule has 0 saturated heterocycles. The largest absolute Gasteiger partial charge is 0.320 e. The minimum absolute atomic E-state index is 0.0272. The normalized spacial score (nSPS) is 12.4. The van der Waals surface area contributed by atoms with Crippen LogP contribution in [0, 0.1) is 6.92 Å². The smallest absolute Gasteiger partial charge is 0.0551 e. The van der Waals surface area contributed by atoms with E-state index in [2.05, 4.69) is 62.4 Å². The summed E-state index contributed by atoms with van der Waals surface area (Å²) in [7, 11) is 0. The van der Waals surface area contributed by atoms with E-state index < -0.39 is 0 Å². The average molecular weight is 239 g/mol. The van der Waals surface area contributed by atoms with E-state index in [1.807, 2.05) is 0 Å². The monoisotopic (exact) mass is 239 g/mol.